The molecule has 2 aliphatic rings. The molecule has 3 aromatic rings. The number of aryl methyl sites for hydroxylation is 1. The quantitative estimate of drug-likeness (QED) is 0.618. The van der Waals surface area contributed by atoms with Crippen molar-refractivity contribution in [3.63, 3.8) is 0 Å². The van der Waals surface area contributed by atoms with E-state index in [2.05, 4.69) is 32.3 Å². The Balaban J connectivity index is 1.61. The molecule has 1 aromatic carbocycles. The summed E-state index contributed by atoms with van der Waals surface area (Å²) in [7, 11) is -2.43. The molecule has 166 valence electrons. The fourth-order valence-electron chi connectivity index (χ4n) is 4.38. The van der Waals surface area contributed by atoms with E-state index in [0.717, 1.165) is 28.1 Å². The van der Waals surface area contributed by atoms with Crippen molar-refractivity contribution >= 4 is 21.3 Å². The third kappa shape index (κ3) is 3.95. The number of aromatic nitrogens is 3. The monoisotopic (exact) mass is 449 g/mol. The van der Waals surface area contributed by atoms with E-state index in [0.29, 0.717) is 29.5 Å². The number of pyridine rings is 1. The number of H-pyrrole nitrogens is 1. The van der Waals surface area contributed by atoms with Crippen LogP contribution >= 0.6 is 0 Å². The van der Waals surface area contributed by atoms with E-state index in [4.69, 9.17) is 0 Å². The second kappa shape index (κ2) is 7.55. The Morgan fingerprint density at radius 3 is 2.62 bits per heavy atom. The topological polar surface area (TPSA) is 91.3 Å². The minimum absolute atomic E-state index is 0.00479. The molecule has 0 spiro atoms. The Kier molecular flexibility index (Phi) is 4.93. The lowest BCUT2D eigenvalue weighted by molar-refractivity contribution is 0.0698. The van der Waals surface area contributed by atoms with Gasteiger partial charge in [0.05, 0.1) is 11.3 Å². The van der Waals surface area contributed by atoms with E-state index >= 15 is 0 Å². The van der Waals surface area contributed by atoms with Gasteiger partial charge in [-0.05, 0) is 73.6 Å². The zero-order chi connectivity index (χ0) is 22.6. The average molecular weight is 450 g/mol. The molecule has 1 aliphatic carbocycles. The fraction of sp³-hybridized carbons (Fsp3) is 0.375. The van der Waals surface area contributed by atoms with Crippen LogP contribution in [0.1, 0.15) is 41.4 Å². The van der Waals surface area contributed by atoms with Crippen LogP contribution in [-0.2, 0) is 16.3 Å². The molecule has 3 heterocycles. The summed E-state index contributed by atoms with van der Waals surface area (Å²) >= 11 is 0. The van der Waals surface area contributed by atoms with E-state index in [-0.39, 0.29) is 11.9 Å². The number of benzene rings is 1. The first-order chi connectivity index (χ1) is 15.2. The van der Waals surface area contributed by atoms with Crippen LogP contribution < -0.4 is 0 Å². The van der Waals surface area contributed by atoms with E-state index in [1.807, 2.05) is 30.0 Å². The molecule has 0 bridgehead atoms. The van der Waals surface area contributed by atoms with Gasteiger partial charge < -0.3 is 9.88 Å². The van der Waals surface area contributed by atoms with Gasteiger partial charge in [0.2, 0.25) is 0 Å². The number of carbonyl (C=O) groups excluding carboxylic acids is 1. The molecular weight excluding hydrogens is 422 g/mol. The summed E-state index contributed by atoms with van der Waals surface area (Å²) in [6, 6.07) is 8.04. The number of carbonyl (C=O) groups is 1. The van der Waals surface area contributed by atoms with Crippen molar-refractivity contribution in [2.45, 2.75) is 39.3 Å². The zero-order valence-corrected chi connectivity index (χ0v) is 19.6. The van der Waals surface area contributed by atoms with Gasteiger partial charge in [-0.1, -0.05) is 0 Å². The van der Waals surface area contributed by atoms with Crippen molar-refractivity contribution in [3.8, 4) is 22.6 Å². The molecule has 1 aliphatic heterocycles. The van der Waals surface area contributed by atoms with E-state index in [1.165, 1.54) is 12.8 Å². The second-order valence-electron chi connectivity index (χ2n) is 9.16. The van der Waals surface area contributed by atoms with Gasteiger partial charge in [0.15, 0.2) is 5.82 Å². The predicted molar refractivity (Wildman–Crippen MR) is 126 cm³/mol. The zero-order valence-electron chi connectivity index (χ0n) is 18.8. The van der Waals surface area contributed by atoms with E-state index in [1.54, 1.807) is 24.9 Å². The number of rotatable bonds is 5. The third-order valence-corrected chi connectivity index (χ3v) is 6.80. The van der Waals surface area contributed by atoms with Gasteiger partial charge in [-0.2, -0.15) is 4.36 Å². The van der Waals surface area contributed by atoms with Crippen LogP contribution in [0.15, 0.2) is 41.0 Å². The molecule has 8 heteroatoms. The summed E-state index contributed by atoms with van der Waals surface area (Å²) in [4.78, 5) is 27.3. The van der Waals surface area contributed by atoms with Crippen molar-refractivity contribution in [1.29, 1.82) is 0 Å². The van der Waals surface area contributed by atoms with Gasteiger partial charge in [-0.3, -0.25) is 9.78 Å². The summed E-state index contributed by atoms with van der Waals surface area (Å²) in [6.45, 7) is 4.64. The van der Waals surface area contributed by atoms with Gasteiger partial charge in [0.25, 0.3) is 5.91 Å². The Labute approximate surface area is 188 Å². The predicted octanol–water partition coefficient (Wildman–Crippen LogP) is 4.56. The maximum atomic E-state index is 13.3. The molecule has 1 saturated carbocycles. The Morgan fingerprint density at radius 1 is 1.19 bits per heavy atom. The molecule has 1 fully saturated rings. The van der Waals surface area contributed by atoms with E-state index < -0.39 is 9.73 Å². The highest BCUT2D eigenvalue weighted by atomic mass is 32.2. The van der Waals surface area contributed by atoms with Crippen LogP contribution in [0, 0.1) is 12.8 Å². The number of hydrogen-bond acceptors (Lipinski definition) is 5. The summed E-state index contributed by atoms with van der Waals surface area (Å²) in [5.74, 6) is 1.28. The lowest BCUT2D eigenvalue weighted by atomic mass is 9.99. The van der Waals surface area contributed by atoms with Crippen molar-refractivity contribution in [2.24, 2.45) is 10.3 Å². The summed E-state index contributed by atoms with van der Waals surface area (Å²) in [5.41, 5.74) is 5.62. The van der Waals surface area contributed by atoms with Gasteiger partial charge >= 0.3 is 0 Å². The normalized spacial score (nSPS) is 16.9. The molecule has 0 saturated heterocycles. The summed E-state index contributed by atoms with van der Waals surface area (Å²) in [5, 5.41) is 0. The van der Waals surface area contributed by atoms with Crippen LogP contribution in [0.4, 0.5) is 5.69 Å². The third-order valence-electron chi connectivity index (χ3n) is 6.17. The Bertz CT molecular complexity index is 1340. The molecule has 0 radical (unpaired) electrons. The van der Waals surface area contributed by atoms with Crippen molar-refractivity contribution in [2.75, 3.05) is 12.5 Å². The number of nitrogens with zero attached hydrogens (tertiary/aromatic N) is 4. The first-order valence-corrected chi connectivity index (χ1v) is 13.2. The summed E-state index contributed by atoms with van der Waals surface area (Å²) < 4.78 is 17.1. The summed E-state index contributed by atoms with van der Waals surface area (Å²) in [6.07, 6.45) is 9.07. The highest BCUT2D eigenvalue weighted by Gasteiger charge is 2.39. The second-order valence-corrected chi connectivity index (χ2v) is 11.7. The highest BCUT2D eigenvalue weighted by Crippen LogP contribution is 2.42. The first kappa shape index (κ1) is 20.9. The maximum Gasteiger partial charge on any atom is 0.256 e. The van der Waals surface area contributed by atoms with Crippen molar-refractivity contribution in [3.05, 3.63) is 53.5 Å². The molecule has 1 amide bonds. The molecule has 1 unspecified atom stereocenters. The first-order valence-electron chi connectivity index (χ1n) is 10.8. The van der Waals surface area contributed by atoms with Crippen LogP contribution in [0.2, 0.25) is 0 Å². The smallest absolute Gasteiger partial charge is 0.256 e. The number of aromatic amines is 1. The molecule has 1 atom stereocenters. The van der Waals surface area contributed by atoms with Gasteiger partial charge in [0.1, 0.15) is 5.69 Å². The Morgan fingerprint density at radius 2 is 1.97 bits per heavy atom. The Hall–Kier alpha value is -3.00. The van der Waals surface area contributed by atoms with Gasteiger partial charge in [-0.15, -0.1) is 0 Å². The number of nitrogens with one attached hydrogen (secondary N) is 1. The van der Waals surface area contributed by atoms with Crippen LogP contribution in [0.5, 0.6) is 0 Å². The number of hydrogen-bond donors (Lipinski definition) is 1. The molecule has 7 nitrogen and oxygen atoms in total. The lowest BCUT2D eigenvalue weighted by Crippen LogP contribution is -2.34. The highest BCUT2D eigenvalue weighted by molar-refractivity contribution is 7.92. The van der Waals surface area contributed by atoms with Crippen LogP contribution in [-0.4, -0.2) is 48.5 Å². The fourth-order valence-corrected chi connectivity index (χ4v) is 4.99. The number of amides is 1. The van der Waals surface area contributed by atoms with Crippen molar-refractivity contribution in [1.82, 2.24) is 19.9 Å². The number of imidazole rings is 1. The lowest BCUT2D eigenvalue weighted by Gasteiger charge is -2.24. The molecule has 32 heavy (non-hydrogen) atoms. The number of fused-ring (bicyclic) bond motifs is 1. The van der Waals surface area contributed by atoms with Crippen LogP contribution in [0.3, 0.4) is 0 Å². The SMILES string of the molecule is Cc1cnc(-c2cc(-c3cc4c(c(N=S(C)(C)=O)c3)C(=O)N(C(C)C3CC3)C4)ccn2)[nH]1. The average Bonchev–Trinajstić information content (AvgIpc) is 3.41. The van der Waals surface area contributed by atoms with Gasteiger partial charge in [0, 0.05) is 52.9 Å². The molecule has 5 rings (SSSR count). The molecule has 1 N–H and O–H groups in total. The maximum absolute atomic E-state index is 13.3. The largest absolute Gasteiger partial charge is 0.341 e. The van der Waals surface area contributed by atoms with Crippen molar-refractivity contribution < 1.29 is 9.00 Å². The minimum Gasteiger partial charge on any atom is -0.341 e. The van der Waals surface area contributed by atoms with E-state index in [9.17, 15) is 9.00 Å². The molecule has 2 aromatic heterocycles. The van der Waals surface area contributed by atoms with Crippen LogP contribution in [0.25, 0.3) is 22.6 Å². The molecular formula is C24H27N5O2S. The van der Waals surface area contributed by atoms with Gasteiger partial charge in [-0.25, -0.2) is 9.19 Å². The minimum atomic E-state index is -2.43. The standard InChI is InChI=1S/C24H27N5O2S/c1-14-12-26-23(27-14)21-10-17(7-8-25-21)18-9-19-13-29(15(2)16-5-6-16)24(30)22(19)20(11-18)28-32(3,4)31/h7-12,15-16H,5-6,13H2,1-4H3,(H,26,27).